The minimum atomic E-state index is 0.0746. The summed E-state index contributed by atoms with van der Waals surface area (Å²) in [5.74, 6) is 0.0746. The van der Waals surface area contributed by atoms with Gasteiger partial charge in [0.05, 0.1) is 11.8 Å². The third kappa shape index (κ3) is 1.07. The molecule has 54 valence electrons. The summed E-state index contributed by atoms with van der Waals surface area (Å²) in [5, 5.41) is 6.53. The van der Waals surface area contributed by atoms with Gasteiger partial charge in [0.25, 0.3) is 0 Å². The molecule has 0 radical (unpaired) electrons. The summed E-state index contributed by atoms with van der Waals surface area (Å²) < 4.78 is 0. The lowest BCUT2D eigenvalue weighted by Crippen LogP contribution is -1.94. The summed E-state index contributed by atoms with van der Waals surface area (Å²) in [7, 11) is 0. The first kappa shape index (κ1) is 6.99. The van der Waals surface area contributed by atoms with Gasteiger partial charge in [-0.15, -0.1) is 0 Å². The number of nitrogens with zero attached hydrogens (tertiary/aromatic N) is 1. The van der Waals surface area contributed by atoms with Crippen molar-refractivity contribution in [3.05, 3.63) is 17.5 Å². The molecule has 3 nitrogen and oxygen atoms in total. The van der Waals surface area contributed by atoms with Crippen molar-refractivity contribution in [3.8, 4) is 0 Å². The van der Waals surface area contributed by atoms with E-state index in [1.165, 1.54) is 0 Å². The molecule has 1 aromatic heterocycles. The standard InChI is InChI=1S/C7H10N2O/c1-3-7-6(5(2)10)4-8-9-7/h4H,3H2,1-2H3,(H,8,9). The Bertz CT molecular complexity index is 240. The zero-order chi connectivity index (χ0) is 7.56. The van der Waals surface area contributed by atoms with E-state index in [-0.39, 0.29) is 5.78 Å². The van der Waals surface area contributed by atoms with E-state index in [9.17, 15) is 4.79 Å². The van der Waals surface area contributed by atoms with E-state index in [1.54, 1.807) is 13.1 Å². The van der Waals surface area contributed by atoms with Gasteiger partial charge in [-0.05, 0) is 13.3 Å². The number of aryl methyl sites for hydroxylation is 1. The minimum absolute atomic E-state index is 0.0746. The van der Waals surface area contributed by atoms with Crippen molar-refractivity contribution in [2.75, 3.05) is 0 Å². The van der Waals surface area contributed by atoms with E-state index >= 15 is 0 Å². The molecule has 1 aromatic rings. The largest absolute Gasteiger partial charge is 0.294 e. The summed E-state index contributed by atoms with van der Waals surface area (Å²) in [6.07, 6.45) is 2.40. The van der Waals surface area contributed by atoms with Crippen molar-refractivity contribution in [2.24, 2.45) is 0 Å². The highest BCUT2D eigenvalue weighted by Gasteiger charge is 2.05. The fourth-order valence-electron chi connectivity index (χ4n) is 0.886. The van der Waals surface area contributed by atoms with Crippen LogP contribution in [0.1, 0.15) is 29.9 Å². The van der Waals surface area contributed by atoms with E-state index in [1.807, 2.05) is 6.92 Å². The quantitative estimate of drug-likeness (QED) is 0.623. The summed E-state index contributed by atoms with van der Waals surface area (Å²) in [6, 6.07) is 0. The molecule has 0 saturated heterocycles. The van der Waals surface area contributed by atoms with E-state index in [2.05, 4.69) is 10.2 Å². The zero-order valence-corrected chi connectivity index (χ0v) is 6.14. The second-order valence-corrected chi connectivity index (χ2v) is 2.17. The smallest absolute Gasteiger partial charge is 0.163 e. The molecule has 0 aromatic carbocycles. The number of rotatable bonds is 2. The molecule has 3 heteroatoms. The van der Waals surface area contributed by atoms with E-state index in [0.29, 0.717) is 5.56 Å². The summed E-state index contributed by atoms with van der Waals surface area (Å²) in [4.78, 5) is 10.8. The normalized spacial score (nSPS) is 9.80. The van der Waals surface area contributed by atoms with Gasteiger partial charge in [-0.1, -0.05) is 6.92 Å². The van der Waals surface area contributed by atoms with Gasteiger partial charge in [0.2, 0.25) is 0 Å². The Morgan fingerprint density at radius 3 is 2.90 bits per heavy atom. The number of nitrogens with one attached hydrogen (secondary N) is 1. The van der Waals surface area contributed by atoms with Crippen LogP contribution in [0.25, 0.3) is 0 Å². The van der Waals surface area contributed by atoms with E-state index in [0.717, 1.165) is 12.1 Å². The molecule has 0 unspecified atom stereocenters. The fraction of sp³-hybridized carbons (Fsp3) is 0.429. The van der Waals surface area contributed by atoms with Gasteiger partial charge < -0.3 is 0 Å². The molecule has 0 aliphatic carbocycles. The molecule has 10 heavy (non-hydrogen) atoms. The van der Waals surface area contributed by atoms with Gasteiger partial charge in [-0.3, -0.25) is 9.89 Å². The van der Waals surface area contributed by atoms with Gasteiger partial charge in [0.15, 0.2) is 5.78 Å². The number of H-pyrrole nitrogens is 1. The first-order valence-electron chi connectivity index (χ1n) is 3.29. The first-order valence-corrected chi connectivity index (χ1v) is 3.29. The number of ketones is 1. The number of aromatic nitrogens is 2. The molecule has 0 atom stereocenters. The predicted octanol–water partition coefficient (Wildman–Crippen LogP) is 1.17. The minimum Gasteiger partial charge on any atom is -0.294 e. The third-order valence-electron chi connectivity index (χ3n) is 1.45. The van der Waals surface area contributed by atoms with Crippen LogP contribution in [-0.4, -0.2) is 16.0 Å². The predicted molar refractivity (Wildman–Crippen MR) is 38.0 cm³/mol. The van der Waals surface area contributed by atoms with Crippen LogP contribution in [0, 0.1) is 0 Å². The average molecular weight is 138 g/mol. The van der Waals surface area contributed by atoms with Gasteiger partial charge in [0, 0.05) is 5.69 Å². The number of hydrogen-bond acceptors (Lipinski definition) is 2. The van der Waals surface area contributed by atoms with E-state index in [4.69, 9.17) is 0 Å². The van der Waals surface area contributed by atoms with Gasteiger partial charge in [0.1, 0.15) is 0 Å². The maximum atomic E-state index is 10.8. The van der Waals surface area contributed by atoms with Crippen molar-refractivity contribution in [1.29, 1.82) is 0 Å². The van der Waals surface area contributed by atoms with Crippen LogP contribution in [-0.2, 0) is 6.42 Å². The summed E-state index contributed by atoms with van der Waals surface area (Å²) in [5.41, 5.74) is 1.63. The average Bonchev–Trinajstić information content (AvgIpc) is 2.33. The molecule has 1 heterocycles. The number of hydrogen-bond donors (Lipinski definition) is 1. The second kappa shape index (κ2) is 2.64. The number of aromatic amines is 1. The molecule has 0 aliphatic rings. The molecule has 0 saturated carbocycles. The molecule has 1 N–H and O–H groups in total. The van der Waals surface area contributed by atoms with Crippen molar-refractivity contribution < 1.29 is 4.79 Å². The Kier molecular flexibility index (Phi) is 1.85. The highest BCUT2D eigenvalue weighted by Crippen LogP contribution is 2.04. The van der Waals surface area contributed by atoms with Crippen LogP contribution < -0.4 is 0 Å². The molecule has 0 fully saturated rings. The van der Waals surface area contributed by atoms with Crippen LogP contribution in [0.2, 0.25) is 0 Å². The number of carbonyl (C=O) groups excluding carboxylic acids is 1. The Morgan fingerprint density at radius 1 is 1.80 bits per heavy atom. The molecule has 1 rings (SSSR count). The molecule has 0 spiro atoms. The molecular formula is C7H10N2O. The Labute approximate surface area is 59.4 Å². The zero-order valence-electron chi connectivity index (χ0n) is 6.14. The molecule has 0 amide bonds. The highest BCUT2D eigenvalue weighted by molar-refractivity contribution is 5.94. The Morgan fingerprint density at radius 2 is 2.50 bits per heavy atom. The number of carbonyl (C=O) groups is 1. The highest BCUT2D eigenvalue weighted by atomic mass is 16.1. The lowest BCUT2D eigenvalue weighted by Gasteiger charge is -1.91. The van der Waals surface area contributed by atoms with Crippen molar-refractivity contribution in [3.63, 3.8) is 0 Å². The van der Waals surface area contributed by atoms with Gasteiger partial charge >= 0.3 is 0 Å². The molecular weight excluding hydrogens is 128 g/mol. The van der Waals surface area contributed by atoms with Crippen molar-refractivity contribution >= 4 is 5.78 Å². The van der Waals surface area contributed by atoms with Crippen molar-refractivity contribution in [1.82, 2.24) is 10.2 Å². The van der Waals surface area contributed by atoms with Crippen LogP contribution in [0.5, 0.6) is 0 Å². The monoisotopic (exact) mass is 138 g/mol. The Balaban J connectivity index is 3.01. The maximum Gasteiger partial charge on any atom is 0.163 e. The second-order valence-electron chi connectivity index (χ2n) is 2.17. The maximum absolute atomic E-state index is 10.8. The van der Waals surface area contributed by atoms with Gasteiger partial charge in [-0.25, -0.2) is 0 Å². The lowest BCUT2D eigenvalue weighted by molar-refractivity contribution is 0.101. The fourth-order valence-corrected chi connectivity index (χ4v) is 0.886. The number of Topliss-reactive ketones (excluding diaryl/α,β-unsaturated/α-hetero) is 1. The van der Waals surface area contributed by atoms with Crippen LogP contribution in [0.3, 0.4) is 0 Å². The molecule has 0 bridgehead atoms. The van der Waals surface area contributed by atoms with E-state index < -0.39 is 0 Å². The van der Waals surface area contributed by atoms with Crippen LogP contribution in [0.4, 0.5) is 0 Å². The van der Waals surface area contributed by atoms with Crippen molar-refractivity contribution in [2.45, 2.75) is 20.3 Å². The topological polar surface area (TPSA) is 45.8 Å². The van der Waals surface area contributed by atoms with Crippen LogP contribution >= 0.6 is 0 Å². The Hall–Kier alpha value is -1.12. The molecule has 0 aliphatic heterocycles. The third-order valence-corrected chi connectivity index (χ3v) is 1.45. The summed E-state index contributed by atoms with van der Waals surface area (Å²) >= 11 is 0. The van der Waals surface area contributed by atoms with Crippen LogP contribution in [0.15, 0.2) is 6.20 Å². The van der Waals surface area contributed by atoms with Gasteiger partial charge in [-0.2, -0.15) is 5.10 Å². The SMILES string of the molecule is CCc1[nH]ncc1C(C)=O. The first-order chi connectivity index (χ1) is 4.75. The lowest BCUT2D eigenvalue weighted by atomic mass is 10.1. The summed E-state index contributed by atoms with van der Waals surface area (Å²) in [6.45, 7) is 3.53.